The number of para-hydroxylation sites is 1. The van der Waals surface area contributed by atoms with Gasteiger partial charge in [0.15, 0.2) is 0 Å². The maximum absolute atomic E-state index is 13.0. The number of hydrogen-bond acceptors (Lipinski definition) is 4. The average molecular weight is 346 g/mol. The molecule has 0 spiro atoms. The Kier molecular flexibility index (Phi) is 3.35. The number of fused-ring (bicyclic) bond motifs is 2. The molecule has 2 aliphatic heterocycles. The van der Waals surface area contributed by atoms with Crippen molar-refractivity contribution in [3.05, 3.63) is 48.0 Å². The van der Waals surface area contributed by atoms with Gasteiger partial charge in [0.05, 0.1) is 22.0 Å². The van der Waals surface area contributed by atoms with Gasteiger partial charge in [0.1, 0.15) is 0 Å². The standard InChI is InChI=1S/C16H14N2O3S2/c19-16-10-22-15-6-5-12(9-13(15)17-16)23(20,21)18-8-7-11-3-1-2-4-14(11)18/h1-6,9H,7-8,10H2,(H,17,19). The van der Waals surface area contributed by atoms with Crippen LogP contribution in [0.5, 0.6) is 0 Å². The van der Waals surface area contributed by atoms with Crippen molar-refractivity contribution in [2.45, 2.75) is 16.2 Å². The van der Waals surface area contributed by atoms with Crippen molar-refractivity contribution in [3.63, 3.8) is 0 Å². The van der Waals surface area contributed by atoms with Gasteiger partial charge < -0.3 is 5.32 Å². The van der Waals surface area contributed by atoms with Crippen molar-refractivity contribution in [1.82, 2.24) is 0 Å². The molecule has 0 aliphatic carbocycles. The Hall–Kier alpha value is -1.99. The van der Waals surface area contributed by atoms with Crippen LogP contribution in [-0.2, 0) is 21.2 Å². The van der Waals surface area contributed by atoms with Crippen LogP contribution in [0.1, 0.15) is 5.56 Å². The summed E-state index contributed by atoms with van der Waals surface area (Å²) in [5.74, 6) is 0.252. The van der Waals surface area contributed by atoms with E-state index >= 15 is 0 Å². The van der Waals surface area contributed by atoms with Crippen LogP contribution < -0.4 is 9.62 Å². The number of amides is 1. The SMILES string of the molecule is O=C1CSc2ccc(S(=O)(=O)N3CCc4ccccc43)cc2N1. The van der Waals surface area contributed by atoms with E-state index in [1.807, 2.05) is 24.3 Å². The lowest BCUT2D eigenvalue weighted by molar-refractivity contribution is -0.113. The summed E-state index contributed by atoms with van der Waals surface area (Å²) in [6.07, 6.45) is 0.715. The third-order valence-electron chi connectivity index (χ3n) is 4.02. The quantitative estimate of drug-likeness (QED) is 0.907. The first-order valence-electron chi connectivity index (χ1n) is 7.23. The van der Waals surface area contributed by atoms with Crippen LogP contribution in [-0.4, -0.2) is 26.6 Å². The summed E-state index contributed by atoms with van der Waals surface area (Å²) in [5, 5.41) is 2.74. The van der Waals surface area contributed by atoms with Gasteiger partial charge in [-0.1, -0.05) is 18.2 Å². The Morgan fingerprint density at radius 3 is 2.83 bits per heavy atom. The van der Waals surface area contributed by atoms with Gasteiger partial charge in [-0.05, 0) is 36.2 Å². The molecule has 7 heteroatoms. The van der Waals surface area contributed by atoms with E-state index in [-0.39, 0.29) is 10.8 Å². The van der Waals surface area contributed by atoms with Crippen LogP contribution in [0.3, 0.4) is 0 Å². The Morgan fingerprint density at radius 2 is 1.96 bits per heavy atom. The minimum Gasteiger partial charge on any atom is -0.324 e. The highest BCUT2D eigenvalue weighted by molar-refractivity contribution is 8.00. The maximum atomic E-state index is 13.0. The molecule has 1 N–H and O–H groups in total. The fourth-order valence-electron chi connectivity index (χ4n) is 2.91. The largest absolute Gasteiger partial charge is 0.324 e. The zero-order valence-corrected chi connectivity index (χ0v) is 13.8. The lowest BCUT2D eigenvalue weighted by atomic mass is 10.2. The third-order valence-corrected chi connectivity index (χ3v) is 6.90. The van der Waals surface area contributed by atoms with Gasteiger partial charge in [0, 0.05) is 11.4 Å². The topological polar surface area (TPSA) is 66.5 Å². The molecule has 1 amide bonds. The lowest BCUT2D eigenvalue weighted by Crippen LogP contribution is -2.29. The van der Waals surface area contributed by atoms with E-state index in [0.717, 1.165) is 16.1 Å². The zero-order valence-electron chi connectivity index (χ0n) is 12.2. The smallest absolute Gasteiger partial charge is 0.264 e. The highest BCUT2D eigenvalue weighted by atomic mass is 32.2. The maximum Gasteiger partial charge on any atom is 0.264 e. The molecular formula is C16H14N2O3S2. The molecule has 2 aromatic carbocycles. The fraction of sp³-hybridized carbons (Fsp3) is 0.188. The minimum atomic E-state index is -3.63. The molecule has 0 unspecified atom stereocenters. The second-order valence-electron chi connectivity index (χ2n) is 5.45. The Labute approximate surface area is 138 Å². The Morgan fingerprint density at radius 1 is 1.13 bits per heavy atom. The van der Waals surface area contributed by atoms with Gasteiger partial charge in [-0.15, -0.1) is 11.8 Å². The van der Waals surface area contributed by atoms with Crippen molar-refractivity contribution >= 4 is 39.1 Å². The van der Waals surface area contributed by atoms with Crippen molar-refractivity contribution in [2.24, 2.45) is 0 Å². The first kappa shape index (κ1) is 14.6. The number of benzene rings is 2. The average Bonchev–Trinajstić information content (AvgIpc) is 2.99. The van der Waals surface area contributed by atoms with Crippen LogP contribution in [0.25, 0.3) is 0 Å². The van der Waals surface area contributed by atoms with Crippen LogP contribution in [0.15, 0.2) is 52.3 Å². The number of carbonyl (C=O) groups is 1. The molecule has 0 saturated carbocycles. The summed E-state index contributed by atoms with van der Waals surface area (Å²) in [4.78, 5) is 12.6. The minimum absolute atomic E-state index is 0.108. The first-order chi connectivity index (χ1) is 11.1. The summed E-state index contributed by atoms with van der Waals surface area (Å²) in [6.45, 7) is 0.444. The molecule has 2 aromatic rings. The van der Waals surface area contributed by atoms with Crippen LogP contribution in [0.2, 0.25) is 0 Å². The first-order valence-corrected chi connectivity index (χ1v) is 9.65. The van der Waals surface area contributed by atoms with E-state index in [9.17, 15) is 13.2 Å². The summed E-state index contributed by atoms with van der Waals surface area (Å²) < 4.78 is 27.4. The molecule has 0 bridgehead atoms. The molecule has 2 heterocycles. The van der Waals surface area contributed by atoms with Gasteiger partial charge in [-0.2, -0.15) is 0 Å². The summed E-state index contributed by atoms with van der Waals surface area (Å²) in [7, 11) is -3.63. The molecular weight excluding hydrogens is 332 g/mol. The van der Waals surface area contributed by atoms with E-state index in [2.05, 4.69) is 5.32 Å². The summed E-state index contributed by atoms with van der Waals surface area (Å²) in [6, 6.07) is 12.5. The van der Waals surface area contributed by atoms with Crippen molar-refractivity contribution in [1.29, 1.82) is 0 Å². The normalized spacial score (nSPS) is 16.7. The molecule has 0 atom stereocenters. The highest BCUT2D eigenvalue weighted by Gasteiger charge is 2.31. The highest BCUT2D eigenvalue weighted by Crippen LogP contribution is 2.36. The second-order valence-corrected chi connectivity index (χ2v) is 8.33. The fourth-order valence-corrected chi connectivity index (χ4v) is 5.23. The number of anilines is 2. The summed E-state index contributed by atoms with van der Waals surface area (Å²) in [5.41, 5.74) is 2.35. The van der Waals surface area contributed by atoms with Crippen LogP contribution in [0.4, 0.5) is 11.4 Å². The molecule has 0 saturated heterocycles. The number of rotatable bonds is 2. The zero-order chi connectivity index (χ0) is 16.0. The predicted molar refractivity (Wildman–Crippen MR) is 90.5 cm³/mol. The molecule has 0 radical (unpaired) electrons. The number of thioether (sulfide) groups is 1. The summed E-state index contributed by atoms with van der Waals surface area (Å²) >= 11 is 1.42. The third kappa shape index (κ3) is 2.40. The second kappa shape index (κ2) is 5.28. The van der Waals surface area contributed by atoms with Gasteiger partial charge in [0.25, 0.3) is 10.0 Å². The molecule has 5 nitrogen and oxygen atoms in total. The molecule has 118 valence electrons. The number of sulfonamides is 1. The van der Waals surface area contributed by atoms with E-state index < -0.39 is 10.0 Å². The van der Waals surface area contributed by atoms with Crippen molar-refractivity contribution in [3.8, 4) is 0 Å². The monoisotopic (exact) mass is 346 g/mol. The lowest BCUT2D eigenvalue weighted by Gasteiger charge is -2.22. The van der Waals surface area contributed by atoms with E-state index in [0.29, 0.717) is 24.4 Å². The van der Waals surface area contributed by atoms with Crippen molar-refractivity contribution < 1.29 is 13.2 Å². The Bertz CT molecular complexity index is 909. The van der Waals surface area contributed by atoms with E-state index in [1.165, 1.54) is 16.1 Å². The molecule has 4 rings (SSSR count). The number of hydrogen-bond donors (Lipinski definition) is 1. The molecule has 0 fully saturated rings. The molecule has 23 heavy (non-hydrogen) atoms. The van der Waals surface area contributed by atoms with Gasteiger partial charge >= 0.3 is 0 Å². The predicted octanol–water partition coefficient (Wildman–Crippen LogP) is 2.48. The van der Waals surface area contributed by atoms with Gasteiger partial charge in [-0.25, -0.2) is 8.42 Å². The molecule has 2 aliphatic rings. The molecule has 0 aromatic heterocycles. The number of carbonyl (C=O) groups excluding carboxylic acids is 1. The van der Waals surface area contributed by atoms with Crippen LogP contribution >= 0.6 is 11.8 Å². The van der Waals surface area contributed by atoms with Crippen molar-refractivity contribution in [2.75, 3.05) is 21.9 Å². The van der Waals surface area contributed by atoms with E-state index in [1.54, 1.807) is 18.2 Å². The number of nitrogens with one attached hydrogen (secondary N) is 1. The van der Waals surface area contributed by atoms with Gasteiger partial charge in [-0.3, -0.25) is 9.10 Å². The van der Waals surface area contributed by atoms with Gasteiger partial charge in [0.2, 0.25) is 5.91 Å². The number of nitrogens with zero attached hydrogens (tertiary/aromatic N) is 1. The van der Waals surface area contributed by atoms with E-state index in [4.69, 9.17) is 0 Å². The Balaban J connectivity index is 1.76. The van der Waals surface area contributed by atoms with Crippen LogP contribution in [0, 0.1) is 0 Å².